The molecule has 2 aromatic rings. The minimum Gasteiger partial charge on any atom is -0.478 e. The van der Waals surface area contributed by atoms with Gasteiger partial charge >= 0.3 is 0 Å². The lowest BCUT2D eigenvalue weighted by Gasteiger charge is -2.37. The molecule has 4 nitrogen and oxygen atoms in total. The van der Waals surface area contributed by atoms with Crippen LogP contribution in [0.1, 0.15) is 64.0 Å². The fourth-order valence-corrected chi connectivity index (χ4v) is 5.43. The summed E-state index contributed by atoms with van der Waals surface area (Å²) in [7, 11) is 0. The van der Waals surface area contributed by atoms with Gasteiger partial charge < -0.3 is 9.47 Å². The molecule has 0 atom stereocenters. The number of thiophene rings is 1. The first-order chi connectivity index (χ1) is 13.6. The maximum atomic E-state index is 13.1. The predicted molar refractivity (Wildman–Crippen MR) is 111 cm³/mol. The number of nitrogens with zero attached hydrogens (tertiary/aromatic N) is 1. The molecular formula is C23H25NO3S. The van der Waals surface area contributed by atoms with Gasteiger partial charge in [-0.15, -0.1) is 11.3 Å². The number of hydrogen-bond donors (Lipinski definition) is 0. The van der Waals surface area contributed by atoms with Gasteiger partial charge in [-0.25, -0.2) is 0 Å². The standard InChI is InChI=1S/C23H25NO3S/c1-14-8-9-28-20(14)11-19-22(25)21-15(2)10-18-17(23(21)27-19)12-24(13-26-18)16-6-4-3-5-7-16/h8-11,16H,3-7,12-13H2,1-2H3/b19-11-. The zero-order chi connectivity index (χ0) is 19.3. The van der Waals surface area contributed by atoms with Crippen LogP contribution in [0.2, 0.25) is 0 Å². The molecule has 1 aliphatic carbocycles. The Hall–Kier alpha value is -2.11. The maximum absolute atomic E-state index is 13.1. The second kappa shape index (κ2) is 7.05. The lowest BCUT2D eigenvalue weighted by Crippen LogP contribution is -2.41. The normalized spacial score (nSPS) is 21.4. The van der Waals surface area contributed by atoms with Gasteiger partial charge in [0.1, 0.15) is 18.2 Å². The molecule has 0 saturated heterocycles. The number of fused-ring (bicyclic) bond motifs is 3. The van der Waals surface area contributed by atoms with Gasteiger partial charge in [-0.3, -0.25) is 9.69 Å². The van der Waals surface area contributed by atoms with Gasteiger partial charge in [-0.2, -0.15) is 0 Å². The van der Waals surface area contributed by atoms with E-state index in [1.807, 2.05) is 24.4 Å². The lowest BCUT2D eigenvalue weighted by atomic mass is 9.93. The van der Waals surface area contributed by atoms with E-state index in [0.717, 1.165) is 33.9 Å². The molecule has 0 amide bonds. The number of aryl methyl sites for hydroxylation is 2. The molecule has 1 aromatic carbocycles. The van der Waals surface area contributed by atoms with Gasteiger partial charge in [0, 0.05) is 23.5 Å². The van der Waals surface area contributed by atoms with Crippen LogP contribution in [-0.2, 0) is 6.54 Å². The van der Waals surface area contributed by atoms with Crippen molar-refractivity contribution in [1.82, 2.24) is 4.90 Å². The van der Waals surface area contributed by atoms with Crippen LogP contribution in [0.5, 0.6) is 11.5 Å². The average Bonchev–Trinajstić information content (AvgIpc) is 3.26. The van der Waals surface area contributed by atoms with Crippen LogP contribution >= 0.6 is 11.3 Å². The molecule has 3 aliphatic rings. The first-order valence-electron chi connectivity index (χ1n) is 10.1. The number of carbonyl (C=O) groups is 1. The number of benzene rings is 1. The Morgan fingerprint density at radius 2 is 2.00 bits per heavy atom. The smallest absolute Gasteiger partial charge is 0.232 e. The molecule has 0 N–H and O–H groups in total. The van der Waals surface area contributed by atoms with Crippen molar-refractivity contribution < 1.29 is 14.3 Å². The highest BCUT2D eigenvalue weighted by atomic mass is 32.1. The molecule has 146 valence electrons. The van der Waals surface area contributed by atoms with Crippen LogP contribution in [0.25, 0.3) is 6.08 Å². The number of ketones is 1. The Bertz CT molecular complexity index is 968. The van der Waals surface area contributed by atoms with Crippen LogP contribution in [0.3, 0.4) is 0 Å². The SMILES string of the molecule is Cc1ccsc1/C=C1\Oc2c3c(cc(C)c2C1=O)OCN(C1CCCCC1)C3. The van der Waals surface area contributed by atoms with Crippen molar-refractivity contribution in [3.8, 4) is 11.5 Å². The molecule has 1 aromatic heterocycles. The minimum atomic E-state index is -0.0158. The van der Waals surface area contributed by atoms with Crippen molar-refractivity contribution in [3.05, 3.63) is 50.4 Å². The Morgan fingerprint density at radius 1 is 1.18 bits per heavy atom. The highest BCUT2D eigenvalue weighted by Crippen LogP contribution is 2.45. The van der Waals surface area contributed by atoms with E-state index in [4.69, 9.17) is 9.47 Å². The van der Waals surface area contributed by atoms with Crippen LogP contribution in [0, 0.1) is 13.8 Å². The largest absolute Gasteiger partial charge is 0.478 e. The van der Waals surface area contributed by atoms with Crippen molar-refractivity contribution in [3.63, 3.8) is 0 Å². The molecule has 0 spiro atoms. The van der Waals surface area contributed by atoms with E-state index < -0.39 is 0 Å². The highest BCUT2D eigenvalue weighted by molar-refractivity contribution is 7.11. The van der Waals surface area contributed by atoms with Crippen molar-refractivity contribution in [1.29, 1.82) is 0 Å². The molecule has 5 heteroatoms. The van der Waals surface area contributed by atoms with E-state index in [0.29, 0.717) is 29.8 Å². The molecule has 1 fully saturated rings. The second-order valence-corrected chi connectivity index (χ2v) is 9.04. The lowest BCUT2D eigenvalue weighted by molar-refractivity contribution is 0.0393. The first kappa shape index (κ1) is 18.0. The zero-order valence-corrected chi connectivity index (χ0v) is 17.2. The Kier molecular flexibility index (Phi) is 4.52. The summed E-state index contributed by atoms with van der Waals surface area (Å²) in [5, 5.41) is 2.04. The topological polar surface area (TPSA) is 38.8 Å². The van der Waals surface area contributed by atoms with E-state index in [-0.39, 0.29) is 5.78 Å². The minimum absolute atomic E-state index is 0.0158. The number of hydrogen-bond acceptors (Lipinski definition) is 5. The predicted octanol–water partition coefficient (Wildman–Crippen LogP) is 5.47. The van der Waals surface area contributed by atoms with E-state index >= 15 is 0 Å². The zero-order valence-electron chi connectivity index (χ0n) is 16.4. The molecule has 28 heavy (non-hydrogen) atoms. The van der Waals surface area contributed by atoms with Gasteiger partial charge in [-0.05, 0) is 55.3 Å². The Morgan fingerprint density at radius 3 is 2.75 bits per heavy atom. The average molecular weight is 396 g/mol. The van der Waals surface area contributed by atoms with Crippen molar-refractivity contribution in [2.75, 3.05) is 6.73 Å². The summed E-state index contributed by atoms with van der Waals surface area (Å²) in [5.74, 6) is 1.98. The van der Waals surface area contributed by atoms with E-state index in [9.17, 15) is 4.79 Å². The number of Topliss-reactive ketones (excluding diaryl/α,β-unsaturated/α-hetero) is 1. The summed E-state index contributed by atoms with van der Waals surface area (Å²) in [6.07, 6.45) is 8.27. The number of rotatable bonds is 2. The summed E-state index contributed by atoms with van der Waals surface area (Å²) in [6, 6.07) is 4.64. The fourth-order valence-electron chi connectivity index (χ4n) is 4.58. The molecule has 0 radical (unpaired) electrons. The Balaban J connectivity index is 1.50. The third kappa shape index (κ3) is 2.97. The van der Waals surface area contributed by atoms with E-state index in [2.05, 4.69) is 17.9 Å². The van der Waals surface area contributed by atoms with E-state index in [1.54, 1.807) is 11.3 Å². The quantitative estimate of drug-likeness (QED) is 0.633. The molecule has 3 heterocycles. The third-order valence-corrected chi connectivity index (χ3v) is 7.17. The van der Waals surface area contributed by atoms with Gasteiger partial charge in [-0.1, -0.05) is 19.3 Å². The van der Waals surface area contributed by atoms with Gasteiger partial charge in [0.05, 0.1) is 11.1 Å². The number of allylic oxidation sites excluding steroid dienone is 1. The molecule has 0 bridgehead atoms. The monoisotopic (exact) mass is 395 g/mol. The maximum Gasteiger partial charge on any atom is 0.232 e. The van der Waals surface area contributed by atoms with Crippen molar-refractivity contribution in [2.24, 2.45) is 0 Å². The van der Waals surface area contributed by atoms with Crippen LogP contribution in [0.4, 0.5) is 0 Å². The van der Waals surface area contributed by atoms with Crippen LogP contribution in [-0.4, -0.2) is 23.5 Å². The molecule has 0 unspecified atom stereocenters. The summed E-state index contributed by atoms with van der Waals surface area (Å²) < 4.78 is 12.3. The summed E-state index contributed by atoms with van der Waals surface area (Å²) in [5.41, 5.74) is 3.82. The summed E-state index contributed by atoms with van der Waals surface area (Å²) in [6.45, 7) is 5.44. The second-order valence-electron chi connectivity index (χ2n) is 8.09. The van der Waals surface area contributed by atoms with Crippen LogP contribution < -0.4 is 9.47 Å². The third-order valence-electron chi connectivity index (χ3n) is 6.21. The first-order valence-corrected chi connectivity index (χ1v) is 11.0. The van der Waals surface area contributed by atoms with Crippen molar-refractivity contribution in [2.45, 2.75) is 58.5 Å². The summed E-state index contributed by atoms with van der Waals surface area (Å²) in [4.78, 5) is 16.6. The molecular weight excluding hydrogens is 370 g/mol. The number of ether oxygens (including phenoxy) is 2. The van der Waals surface area contributed by atoms with E-state index in [1.165, 1.54) is 32.1 Å². The molecule has 1 saturated carbocycles. The Labute approximate surface area is 169 Å². The summed E-state index contributed by atoms with van der Waals surface area (Å²) >= 11 is 1.63. The van der Waals surface area contributed by atoms with Crippen molar-refractivity contribution >= 4 is 23.2 Å². The fraction of sp³-hybridized carbons (Fsp3) is 0.435. The highest BCUT2D eigenvalue weighted by Gasteiger charge is 2.36. The molecule has 5 rings (SSSR count). The number of carbonyl (C=O) groups excluding carboxylic acids is 1. The van der Waals surface area contributed by atoms with Gasteiger partial charge in [0.2, 0.25) is 5.78 Å². The van der Waals surface area contributed by atoms with Crippen LogP contribution in [0.15, 0.2) is 23.3 Å². The van der Waals surface area contributed by atoms with Gasteiger partial charge in [0.25, 0.3) is 0 Å². The molecule has 2 aliphatic heterocycles. The van der Waals surface area contributed by atoms with Gasteiger partial charge in [0.15, 0.2) is 5.76 Å².